The van der Waals surface area contributed by atoms with Crippen molar-refractivity contribution in [3.8, 4) is 11.5 Å². The molecule has 8 heteroatoms. The number of carbonyl (C=O) groups is 2. The number of hydrogen-bond acceptors (Lipinski definition) is 6. The third-order valence-corrected chi connectivity index (χ3v) is 10.1. The van der Waals surface area contributed by atoms with Gasteiger partial charge in [0, 0.05) is 43.8 Å². The van der Waals surface area contributed by atoms with Crippen molar-refractivity contribution in [3.63, 3.8) is 0 Å². The molecule has 2 aromatic carbocycles. The van der Waals surface area contributed by atoms with Gasteiger partial charge in [0.2, 0.25) is 0 Å². The van der Waals surface area contributed by atoms with Gasteiger partial charge in [-0.15, -0.1) is 0 Å². The van der Waals surface area contributed by atoms with E-state index in [1.165, 1.54) is 25.9 Å². The van der Waals surface area contributed by atoms with Crippen LogP contribution >= 0.6 is 0 Å². The number of fused-ring (bicyclic) bond motifs is 3. The molecule has 0 radical (unpaired) electrons. The fourth-order valence-corrected chi connectivity index (χ4v) is 7.39. The van der Waals surface area contributed by atoms with Crippen LogP contribution in [-0.2, 0) is 4.74 Å². The van der Waals surface area contributed by atoms with Gasteiger partial charge >= 0.3 is 0 Å². The molecule has 8 nitrogen and oxygen atoms in total. The van der Waals surface area contributed by atoms with E-state index in [1.54, 1.807) is 0 Å². The number of hydrogen-bond donors (Lipinski definition) is 0. The monoisotopic (exact) mass is 603 g/mol. The van der Waals surface area contributed by atoms with Crippen LogP contribution in [0.15, 0.2) is 48.5 Å². The number of nitrogens with zero attached hydrogens (tertiary/aromatic N) is 3. The first-order chi connectivity index (χ1) is 21.6. The number of carbonyl (C=O) groups excluding carboxylic acids is 2. The second kappa shape index (κ2) is 14.8. The van der Waals surface area contributed by atoms with E-state index in [-0.39, 0.29) is 23.3 Å². The first-order valence-electron chi connectivity index (χ1n) is 17.0. The Morgan fingerprint density at radius 1 is 0.909 bits per heavy atom. The van der Waals surface area contributed by atoms with Gasteiger partial charge in [-0.25, -0.2) is 0 Å². The lowest BCUT2D eigenvalue weighted by Gasteiger charge is -2.42. The predicted molar refractivity (Wildman–Crippen MR) is 170 cm³/mol. The number of benzene rings is 2. The maximum absolute atomic E-state index is 13.7. The average molecular weight is 604 g/mol. The second-order valence-corrected chi connectivity index (χ2v) is 13.2. The van der Waals surface area contributed by atoms with Crippen LogP contribution in [0.1, 0.15) is 84.9 Å². The number of piperidine rings is 1. The van der Waals surface area contributed by atoms with Crippen LogP contribution in [-0.4, -0.2) is 98.3 Å². The van der Waals surface area contributed by atoms with Crippen LogP contribution < -0.4 is 9.47 Å². The Balaban J connectivity index is 1.08. The molecule has 4 aliphatic rings. The van der Waals surface area contributed by atoms with E-state index in [0.29, 0.717) is 56.4 Å². The summed E-state index contributed by atoms with van der Waals surface area (Å²) in [4.78, 5) is 33.5. The molecule has 2 aromatic rings. The molecule has 2 bridgehead atoms. The minimum atomic E-state index is -0.0252. The van der Waals surface area contributed by atoms with Crippen LogP contribution in [0.25, 0.3) is 0 Å². The van der Waals surface area contributed by atoms with Crippen molar-refractivity contribution < 1.29 is 23.8 Å². The zero-order valence-electron chi connectivity index (χ0n) is 26.2. The lowest BCUT2D eigenvalue weighted by molar-refractivity contribution is 0.0330. The minimum absolute atomic E-state index is 0.0252. The first kappa shape index (κ1) is 30.9. The highest BCUT2D eigenvalue weighted by Gasteiger charge is 2.37. The Morgan fingerprint density at radius 2 is 1.75 bits per heavy atom. The van der Waals surface area contributed by atoms with Crippen molar-refractivity contribution in [2.45, 2.75) is 70.3 Å². The molecule has 4 heterocycles. The van der Waals surface area contributed by atoms with E-state index in [2.05, 4.69) is 4.90 Å². The maximum atomic E-state index is 13.7. The summed E-state index contributed by atoms with van der Waals surface area (Å²) in [5.74, 6) is 1.54. The van der Waals surface area contributed by atoms with Crippen molar-refractivity contribution in [3.05, 3.63) is 59.7 Å². The maximum Gasteiger partial charge on any atom is 0.257 e. The van der Waals surface area contributed by atoms with E-state index in [1.807, 2.05) is 58.3 Å². The molecule has 0 aromatic heterocycles. The minimum Gasteiger partial charge on any atom is -0.493 e. The first-order valence-corrected chi connectivity index (χ1v) is 17.0. The number of likely N-dealkylation sites (tertiary alicyclic amines) is 2. The molecular formula is C36H49N3O5. The van der Waals surface area contributed by atoms with Gasteiger partial charge in [-0.05, 0) is 101 Å². The summed E-state index contributed by atoms with van der Waals surface area (Å²) in [6.45, 7) is 8.12. The van der Waals surface area contributed by atoms with Gasteiger partial charge in [-0.1, -0.05) is 24.6 Å². The largest absolute Gasteiger partial charge is 0.493 e. The highest BCUT2D eigenvalue weighted by molar-refractivity contribution is 5.97. The molecule has 2 amide bonds. The van der Waals surface area contributed by atoms with E-state index in [4.69, 9.17) is 14.2 Å². The second-order valence-electron chi connectivity index (χ2n) is 13.2. The summed E-state index contributed by atoms with van der Waals surface area (Å²) in [5, 5.41) is 0. The van der Waals surface area contributed by atoms with Crippen molar-refractivity contribution in [1.82, 2.24) is 14.7 Å². The van der Waals surface area contributed by atoms with Gasteiger partial charge in [0.15, 0.2) is 0 Å². The van der Waals surface area contributed by atoms with Gasteiger partial charge in [-0.3, -0.25) is 9.59 Å². The fourth-order valence-electron chi connectivity index (χ4n) is 7.39. The van der Waals surface area contributed by atoms with Crippen molar-refractivity contribution >= 4 is 11.8 Å². The molecule has 3 saturated heterocycles. The zero-order chi connectivity index (χ0) is 30.2. The lowest BCUT2D eigenvalue weighted by Crippen LogP contribution is -2.45. The van der Waals surface area contributed by atoms with Gasteiger partial charge < -0.3 is 28.9 Å². The van der Waals surface area contributed by atoms with E-state index in [9.17, 15) is 9.59 Å². The number of amides is 2. The Labute approximate surface area is 262 Å². The number of para-hydroxylation sites is 1. The zero-order valence-corrected chi connectivity index (χ0v) is 26.2. The Bertz CT molecular complexity index is 1250. The smallest absolute Gasteiger partial charge is 0.257 e. The molecule has 4 aliphatic heterocycles. The lowest BCUT2D eigenvalue weighted by atomic mass is 9.75. The number of rotatable bonds is 6. The Morgan fingerprint density at radius 3 is 2.61 bits per heavy atom. The Hall–Kier alpha value is -3.10. The fraction of sp³-hybridized carbons (Fsp3) is 0.611. The molecule has 0 saturated carbocycles. The predicted octanol–water partition coefficient (Wildman–Crippen LogP) is 5.66. The molecule has 0 unspecified atom stereocenters. The SMILES string of the molecule is O=C(c1ccccc1OCCCN1CCCC1)N1CCC2(CCCCOC[C@@H]3CCCN3C(=O)c3cccc(c3)OC2)CC1. The van der Waals surface area contributed by atoms with Gasteiger partial charge in [0.25, 0.3) is 11.8 Å². The van der Waals surface area contributed by atoms with Crippen molar-refractivity contribution in [2.75, 3.05) is 65.7 Å². The Kier molecular flexibility index (Phi) is 10.4. The van der Waals surface area contributed by atoms with Crippen LogP contribution in [0.2, 0.25) is 0 Å². The molecule has 44 heavy (non-hydrogen) atoms. The molecule has 0 N–H and O–H groups in total. The molecule has 3 fully saturated rings. The van der Waals surface area contributed by atoms with Crippen LogP contribution in [0, 0.1) is 5.41 Å². The van der Waals surface area contributed by atoms with Crippen molar-refractivity contribution in [1.29, 1.82) is 0 Å². The third-order valence-electron chi connectivity index (χ3n) is 10.1. The highest BCUT2D eigenvalue weighted by Crippen LogP contribution is 2.38. The topological polar surface area (TPSA) is 71.6 Å². The molecule has 6 rings (SSSR count). The van der Waals surface area contributed by atoms with Gasteiger partial charge in [-0.2, -0.15) is 0 Å². The highest BCUT2D eigenvalue weighted by atomic mass is 16.5. The molecule has 0 aliphatic carbocycles. The third kappa shape index (κ3) is 7.57. The van der Waals surface area contributed by atoms with Gasteiger partial charge in [0.05, 0.1) is 31.4 Å². The van der Waals surface area contributed by atoms with E-state index in [0.717, 1.165) is 70.2 Å². The standard InChI is InChI=1S/C36H49N3O5/c40-34-29-10-7-12-31(26-29)44-28-36(15-3-6-24-42-27-30-11-8-21-39(30)34)16-22-38(23-17-36)35(41)32-13-1-2-14-33(32)43-25-9-20-37-18-4-5-19-37/h1-2,7,10,12-14,26,30H,3-6,8-9,11,15-25,27-28H2/t30-/m0/s1. The summed E-state index contributed by atoms with van der Waals surface area (Å²) in [6.07, 6.45) is 10.4. The molecule has 1 spiro atoms. The van der Waals surface area contributed by atoms with E-state index < -0.39 is 0 Å². The molecule has 1 atom stereocenters. The van der Waals surface area contributed by atoms with E-state index >= 15 is 0 Å². The van der Waals surface area contributed by atoms with Gasteiger partial charge in [0.1, 0.15) is 11.5 Å². The van der Waals surface area contributed by atoms with Crippen molar-refractivity contribution in [2.24, 2.45) is 5.41 Å². The normalized spacial score (nSPS) is 23.1. The quantitative estimate of drug-likeness (QED) is 0.397. The summed E-state index contributed by atoms with van der Waals surface area (Å²) in [6, 6.07) is 15.5. The average Bonchev–Trinajstić information content (AvgIpc) is 3.76. The summed E-state index contributed by atoms with van der Waals surface area (Å²) >= 11 is 0. The summed E-state index contributed by atoms with van der Waals surface area (Å²) in [5.41, 5.74) is 1.31. The van der Waals surface area contributed by atoms with Crippen LogP contribution in [0.5, 0.6) is 11.5 Å². The van der Waals surface area contributed by atoms with Crippen LogP contribution in [0.4, 0.5) is 0 Å². The summed E-state index contributed by atoms with van der Waals surface area (Å²) < 4.78 is 18.7. The number of ether oxygens (including phenoxy) is 3. The molecular weight excluding hydrogens is 554 g/mol. The summed E-state index contributed by atoms with van der Waals surface area (Å²) in [7, 11) is 0. The molecule has 238 valence electrons. The van der Waals surface area contributed by atoms with Crippen LogP contribution in [0.3, 0.4) is 0 Å².